The average molecular weight is 283 g/mol. The lowest BCUT2D eigenvalue weighted by Gasteiger charge is -2.23. The first kappa shape index (κ1) is 14.8. The maximum Gasteiger partial charge on any atom is 0.336 e. The molecule has 1 N–H and O–H groups in total. The van der Waals surface area contributed by atoms with Crippen molar-refractivity contribution in [2.45, 2.75) is 13.8 Å². The van der Waals surface area contributed by atoms with Gasteiger partial charge in [-0.3, -0.25) is 4.79 Å². The van der Waals surface area contributed by atoms with E-state index in [2.05, 4.69) is 0 Å². The van der Waals surface area contributed by atoms with Gasteiger partial charge in [-0.05, 0) is 37.6 Å². The van der Waals surface area contributed by atoms with Gasteiger partial charge in [0.15, 0.2) is 0 Å². The third-order valence-corrected chi connectivity index (χ3v) is 3.36. The largest absolute Gasteiger partial charge is 0.478 e. The molecule has 0 aromatic heterocycles. The molecule has 4 heteroatoms. The van der Waals surface area contributed by atoms with Gasteiger partial charge >= 0.3 is 5.97 Å². The molecule has 0 aliphatic carbocycles. The van der Waals surface area contributed by atoms with Crippen LogP contribution in [-0.2, 0) is 0 Å². The molecule has 0 fully saturated rings. The van der Waals surface area contributed by atoms with Gasteiger partial charge in [0.1, 0.15) is 0 Å². The number of hydrogen-bond acceptors (Lipinski definition) is 2. The van der Waals surface area contributed by atoms with Crippen molar-refractivity contribution in [3.05, 3.63) is 65.2 Å². The molecule has 0 saturated heterocycles. The average Bonchev–Trinajstić information content (AvgIpc) is 2.49. The highest BCUT2D eigenvalue weighted by Gasteiger charge is 2.22. The van der Waals surface area contributed by atoms with Gasteiger partial charge in [-0.2, -0.15) is 0 Å². The highest BCUT2D eigenvalue weighted by atomic mass is 16.4. The summed E-state index contributed by atoms with van der Waals surface area (Å²) in [6.45, 7) is 4.26. The van der Waals surface area contributed by atoms with E-state index in [1.807, 2.05) is 38.1 Å². The third-order valence-electron chi connectivity index (χ3n) is 3.36. The molecule has 0 aliphatic rings. The van der Waals surface area contributed by atoms with Crippen molar-refractivity contribution in [3.63, 3.8) is 0 Å². The van der Waals surface area contributed by atoms with Gasteiger partial charge in [-0.25, -0.2) is 4.79 Å². The predicted octanol–water partition coefficient (Wildman–Crippen LogP) is 3.36. The normalized spacial score (nSPS) is 10.2. The lowest BCUT2D eigenvalue weighted by Crippen LogP contribution is -2.32. The summed E-state index contributed by atoms with van der Waals surface area (Å²) in [5, 5.41) is 9.22. The molecule has 2 rings (SSSR count). The number of anilines is 1. The van der Waals surface area contributed by atoms with E-state index in [0.29, 0.717) is 6.54 Å². The van der Waals surface area contributed by atoms with Crippen LogP contribution in [-0.4, -0.2) is 23.5 Å². The van der Waals surface area contributed by atoms with Gasteiger partial charge in [0.05, 0.1) is 11.1 Å². The minimum absolute atomic E-state index is 0.0227. The number of carbonyl (C=O) groups excluding carboxylic acids is 1. The number of carboxylic acid groups (broad SMARTS) is 1. The SMILES string of the molecule is CCN(C(=O)c1ccccc1C(=O)O)c1ccccc1C. The number of hydrogen-bond donors (Lipinski definition) is 1. The van der Waals surface area contributed by atoms with E-state index < -0.39 is 5.97 Å². The number of aromatic carboxylic acids is 1. The second-order valence-electron chi connectivity index (χ2n) is 4.69. The molecule has 0 atom stereocenters. The Labute approximate surface area is 123 Å². The summed E-state index contributed by atoms with van der Waals surface area (Å²) in [5.41, 5.74) is 2.00. The van der Waals surface area contributed by atoms with Gasteiger partial charge in [-0.15, -0.1) is 0 Å². The number of amides is 1. The molecule has 0 aliphatic heterocycles. The van der Waals surface area contributed by atoms with Crippen molar-refractivity contribution in [2.24, 2.45) is 0 Å². The molecule has 4 nitrogen and oxygen atoms in total. The molecule has 0 saturated carbocycles. The molecule has 0 radical (unpaired) electrons. The Morgan fingerprint density at radius 1 is 1.00 bits per heavy atom. The highest BCUT2D eigenvalue weighted by Crippen LogP contribution is 2.22. The predicted molar refractivity (Wildman–Crippen MR) is 81.9 cm³/mol. The third kappa shape index (κ3) is 2.94. The highest BCUT2D eigenvalue weighted by molar-refractivity contribution is 6.12. The molecular formula is C17H17NO3. The van der Waals surface area contributed by atoms with Crippen LogP contribution >= 0.6 is 0 Å². The van der Waals surface area contributed by atoms with Gasteiger partial charge in [0.25, 0.3) is 5.91 Å². The molecule has 0 heterocycles. The number of aryl methyl sites for hydroxylation is 1. The van der Waals surface area contributed by atoms with Crippen LogP contribution in [0.15, 0.2) is 48.5 Å². The summed E-state index contributed by atoms with van der Waals surface area (Å²) in [4.78, 5) is 25.6. The van der Waals surface area contributed by atoms with Crippen molar-refractivity contribution in [2.75, 3.05) is 11.4 Å². The first-order chi connectivity index (χ1) is 10.1. The fraction of sp³-hybridized carbons (Fsp3) is 0.176. The fourth-order valence-electron chi connectivity index (χ4n) is 2.29. The summed E-state index contributed by atoms with van der Waals surface area (Å²) in [6.07, 6.45) is 0. The zero-order chi connectivity index (χ0) is 15.4. The van der Waals surface area contributed by atoms with E-state index in [-0.39, 0.29) is 17.0 Å². The molecule has 21 heavy (non-hydrogen) atoms. The van der Waals surface area contributed by atoms with Crippen LogP contribution in [0.5, 0.6) is 0 Å². The Morgan fingerprint density at radius 3 is 2.14 bits per heavy atom. The lowest BCUT2D eigenvalue weighted by atomic mass is 10.1. The van der Waals surface area contributed by atoms with E-state index in [9.17, 15) is 14.7 Å². The van der Waals surface area contributed by atoms with Crippen LogP contribution in [0.4, 0.5) is 5.69 Å². The number of carboxylic acids is 1. The Bertz CT molecular complexity index is 679. The Morgan fingerprint density at radius 2 is 1.57 bits per heavy atom. The maximum atomic E-state index is 12.7. The van der Waals surface area contributed by atoms with E-state index in [1.54, 1.807) is 23.1 Å². The first-order valence-corrected chi connectivity index (χ1v) is 6.76. The lowest BCUT2D eigenvalue weighted by molar-refractivity contribution is 0.0692. The van der Waals surface area contributed by atoms with Crippen LogP contribution in [0.3, 0.4) is 0 Å². The molecule has 2 aromatic rings. The van der Waals surface area contributed by atoms with Crippen molar-refractivity contribution in [3.8, 4) is 0 Å². The van der Waals surface area contributed by atoms with Crippen molar-refractivity contribution in [1.29, 1.82) is 0 Å². The molecule has 0 spiro atoms. The van der Waals surface area contributed by atoms with Crippen molar-refractivity contribution >= 4 is 17.6 Å². The Kier molecular flexibility index (Phi) is 4.38. The number of nitrogens with zero attached hydrogens (tertiary/aromatic N) is 1. The quantitative estimate of drug-likeness (QED) is 0.936. The maximum absolute atomic E-state index is 12.7. The van der Waals surface area contributed by atoms with E-state index in [0.717, 1.165) is 11.3 Å². The monoisotopic (exact) mass is 283 g/mol. The van der Waals surface area contributed by atoms with E-state index in [4.69, 9.17) is 0 Å². The molecule has 0 bridgehead atoms. The van der Waals surface area contributed by atoms with E-state index in [1.165, 1.54) is 6.07 Å². The topological polar surface area (TPSA) is 57.6 Å². The van der Waals surface area contributed by atoms with Crippen LogP contribution in [0, 0.1) is 6.92 Å². The van der Waals surface area contributed by atoms with Gasteiger partial charge < -0.3 is 10.0 Å². The molecule has 108 valence electrons. The number of benzene rings is 2. The second kappa shape index (κ2) is 6.22. The summed E-state index contributed by atoms with van der Waals surface area (Å²) in [5.74, 6) is -1.40. The number of para-hydroxylation sites is 1. The molecule has 0 unspecified atom stereocenters. The van der Waals surface area contributed by atoms with Crippen LogP contribution in [0.1, 0.15) is 33.2 Å². The summed E-state index contributed by atoms with van der Waals surface area (Å²) < 4.78 is 0. The first-order valence-electron chi connectivity index (χ1n) is 6.76. The number of rotatable bonds is 4. The van der Waals surface area contributed by atoms with Crippen LogP contribution in [0.2, 0.25) is 0 Å². The van der Waals surface area contributed by atoms with Crippen LogP contribution < -0.4 is 4.90 Å². The van der Waals surface area contributed by atoms with Crippen molar-refractivity contribution < 1.29 is 14.7 Å². The molecule has 1 amide bonds. The van der Waals surface area contributed by atoms with Gasteiger partial charge in [-0.1, -0.05) is 30.3 Å². The van der Waals surface area contributed by atoms with Crippen LogP contribution in [0.25, 0.3) is 0 Å². The minimum atomic E-state index is -1.10. The summed E-state index contributed by atoms with van der Waals surface area (Å²) >= 11 is 0. The smallest absolute Gasteiger partial charge is 0.336 e. The van der Waals surface area contributed by atoms with E-state index >= 15 is 0 Å². The zero-order valence-electron chi connectivity index (χ0n) is 12.0. The standard InChI is InChI=1S/C17H17NO3/c1-3-18(15-11-7-4-8-12(15)2)16(19)13-9-5-6-10-14(13)17(20)21/h4-11H,3H2,1-2H3,(H,20,21). The second-order valence-corrected chi connectivity index (χ2v) is 4.69. The zero-order valence-corrected chi connectivity index (χ0v) is 12.0. The Hall–Kier alpha value is -2.62. The van der Waals surface area contributed by atoms with Crippen molar-refractivity contribution in [1.82, 2.24) is 0 Å². The molecular weight excluding hydrogens is 266 g/mol. The van der Waals surface area contributed by atoms with Gasteiger partial charge in [0, 0.05) is 12.2 Å². The summed E-state index contributed by atoms with van der Waals surface area (Å²) in [7, 11) is 0. The molecule has 2 aromatic carbocycles. The summed E-state index contributed by atoms with van der Waals surface area (Å²) in [6, 6.07) is 13.8. The van der Waals surface area contributed by atoms with Gasteiger partial charge in [0.2, 0.25) is 0 Å². The minimum Gasteiger partial charge on any atom is -0.478 e. The fourth-order valence-corrected chi connectivity index (χ4v) is 2.29. The number of carbonyl (C=O) groups is 2. The Balaban J connectivity index is 2.47.